The van der Waals surface area contributed by atoms with E-state index in [4.69, 9.17) is 0 Å². The summed E-state index contributed by atoms with van der Waals surface area (Å²) in [6.45, 7) is 5.28. The molecule has 0 bridgehead atoms. The lowest BCUT2D eigenvalue weighted by atomic mass is 10.0. The molecule has 0 fully saturated rings. The monoisotopic (exact) mass is 261 g/mol. The highest BCUT2D eigenvalue weighted by Gasteiger charge is 2.13. The van der Waals surface area contributed by atoms with Gasteiger partial charge in [0, 0.05) is 24.2 Å². The number of H-pyrrole nitrogens is 1. The number of hydrogen-bond donors (Lipinski definition) is 2. The largest absolute Gasteiger partial charge is 0.340 e. The van der Waals surface area contributed by atoms with Crippen molar-refractivity contribution < 1.29 is 0 Å². The van der Waals surface area contributed by atoms with Crippen LogP contribution in [0.3, 0.4) is 0 Å². The zero-order valence-corrected chi connectivity index (χ0v) is 11.6. The topological polar surface area (TPSA) is 40.7 Å². The van der Waals surface area contributed by atoms with Crippen LogP contribution in [0.4, 0.5) is 0 Å². The second kappa shape index (κ2) is 6.61. The Morgan fingerprint density at radius 1 is 1.39 bits per heavy atom. The first-order valence-electron chi connectivity index (χ1n) is 6.22. The molecular formula is C14H19N3S. The van der Waals surface area contributed by atoms with Gasteiger partial charge in [-0.05, 0) is 24.6 Å². The Hall–Kier alpha value is -1.26. The van der Waals surface area contributed by atoms with E-state index < -0.39 is 0 Å². The van der Waals surface area contributed by atoms with Gasteiger partial charge in [-0.15, -0.1) is 0 Å². The highest BCUT2D eigenvalue weighted by Crippen LogP contribution is 2.24. The van der Waals surface area contributed by atoms with Crippen LogP contribution in [0.1, 0.15) is 24.1 Å². The number of imidazole rings is 1. The van der Waals surface area contributed by atoms with Crippen molar-refractivity contribution in [2.75, 3.05) is 12.3 Å². The Bertz CT molecular complexity index is 468. The molecule has 4 heteroatoms. The van der Waals surface area contributed by atoms with Crippen LogP contribution in [-0.2, 0) is 0 Å². The molecule has 0 aliphatic heterocycles. The summed E-state index contributed by atoms with van der Waals surface area (Å²) in [5.41, 5.74) is 2.71. The second-order valence-electron chi connectivity index (χ2n) is 4.17. The predicted octanol–water partition coefficient (Wildman–Crippen LogP) is 3.16. The standard InChI is InChI=1S/C14H19N3S/c1-3-15-13(10-18-14-16-8-9-17-14)12-7-5-4-6-11(12)2/h4-9,13,15H,3,10H2,1-2H3,(H,16,17). The molecule has 1 heterocycles. The second-order valence-corrected chi connectivity index (χ2v) is 5.18. The molecule has 96 valence electrons. The first kappa shape index (κ1) is 13.2. The van der Waals surface area contributed by atoms with E-state index in [1.165, 1.54) is 11.1 Å². The van der Waals surface area contributed by atoms with Gasteiger partial charge in [-0.3, -0.25) is 0 Å². The summed E-state index contributed by atoms with van der Waals surface area (Å²) >= 11 is 1.75. The van der Waals surface area contributed by atoms with E-state index in [1.807, 2.05) is 6.20 Å². The maximum Gasteiger partial charge on any atom is 0.165 e. The van der Waals surface area contributed by atoms with Gasteiger partial charge in [0.2, 0.25) is 0 Å². The third-order valence-corrected chi connectivity index (χ3v) is 3.87. The van der Waals surface area contributed by atoms with Crippen LogP contribution in [0.5, 0.6) is 0 Å². The summed E-state index contributed by atoms with van der Waals surface area (Å²) in [5, 5.41) is 4.52. The molecular weight excluding hydrogens is 242 g/mol. The molecule has 0 amide bonds. The molecule has 0 radical (unpaired) electrons. The van der Waals surface area contributed by atoms with Crippen LogP contribution in [0.2, 0.25) is 0 Å². The van der Waals surface area contributed by atoms with Crippen LogP contribution in [-0.4, -0.2) is 22.3 Å². The first-order chi connectivity index (χ1) is 8.81. The number of aromatic amines is 1. The van der Waals surface area contributed by atoms with Gasteiger partial charge in [0.05, 0.1) is 0 Å². The average molecular weight is 261 g/mol. The minimum atomic E-state index is 0.367. The van der Waals surface area contributed by atoms with Gasteiger partial charge < -0.3 is 10.3 Å². The number of thioether (sulfide) groups is 1. The Morgan fingerprint density at radius 2 is 2.22 bits per heavy atom. The third kappa shape index (κ3) is 3.37. The van der Waals surface area contributed by atoms with Gasteiger partial charge in [-0.1, -0.05) is 43.0 Å². The molecule has 0 saturated carbocycles. The van der Waals surface area contributed by atoms with Crippen molar-refractivity contribution in [1.82, 2.24) is 15.3 Å². The molecule has 2 rings (SSSR count). The number of nitrogens with one attached hydrogen (secondary N) is 2. The van der Waals surface area contributed by atoms with Gasteiger partial charge >= 0.3 is 0 Å². The molecule has 0 spiro atoms. The van der Waals surface area contributed by atoms with Crippen LogP contribution in [0.25, 0.3) is 0 Å². The van der Waals surface area contributed by atoms with E-state index in [1.54, 1.807) is 18.0 Å². The summed E-state index contributed by atoms with van der Waals surface area (Å²) in [6.07, 6.45) is 3.65. The van der Waals surface area contributed by atoms with E-state index in [2.05, 4.69) is 53.4 Å². The van der Waals surface area contributed by atoms with Crippen molar-refractivity contribution >= 4 is 11.8 Å². The summed E-state index contributed by atoms with van der Waals surface area (Å²) in [6, 6.07) is 8.92. The van der Waals surface area contributed by atoms with Crippen LogP contribution < -0.4 is 5.32 Å². The molecule has 1 aromatic carbocycles. The molecule has 2 N–H and O–H groups in total. The summed E-state index contributed by atoms with van der Waals surface area (Å²) in [7, 11) is 0. The van der Waals surface area contributed by atoms with E-state index in [-0.39, 0.29) is 0 Å². The maximum absolute atomic E-state index is 4.24. The first-order valence-corrected chi connectivity index (χ1v) is 7.21. The average Bonchev–Trinajstić information content (AvgIpc) is 2.88. The number of benzene rings is 1. The summed E-state index contributed by atoms with van der Waals surface area (Å²) < 4.78 is 0. The Balaban J connectivity index is 2.06. The molecule has 2 aromatic rings. The number of rotatable bonds is 6. The number of hydrogen-bond acceptors (Lipinski definition) is 3. The Kier molecular flexibility index (Phi) is 4.84. The SMILES string of the molecule is CCNC(CSc1ncc[nH]1)c1ccccc1C. The minimum absolute atomic E-state index is 0.367. The van der Waals surface area contributed by atoms with Gasteiger partial charge in [0.15, 0.2) is 5.16 Å². The van der Waals surface area contributed by atoms with E-state index >= 15 is 0 Å². The van der Waals surface area contributed by atoms with Gasteiger partial charge in [0.25, 0.3) is 0 Å². The molecule has 1 atom stereocenters. The lowest BCUT2D eigenvalue weighted by Gasteiger charge is -2.19. The lowest BCUT2D eigenvalue weighted by molar-refractivity contribution is 0.602. The molecule has 18 heavy (non-hydrogen) atoms. The van der Waals surface area contributed by atoms with E-state index in [9.17, 15) is 0 Å². The van der Waals surface area contributed by atoms with Gasteiger partial charge in [0.1, 0.15) is 0 Å². The molecule has 0 saturated heterocycles. The predicted molar refractivity (Wildman–Crippen MR) is 76.9 cm³/mol. The highest BCUT2D eigenvalue weighted by atomic mass is 32.2. The summed E-state index contributed by atoms with van der Waals surface area (Å²) in [4.78, 5) is 7.37. The number of nitrogens with zero attached hydrogens (tertiary/aromatic N) is 1. The Labute approximate surface area is 112 Å². The van der Waals surface area contributed by atoms with Crippen molar-refractivity contribution in [3.8, 4) is 0 Å². The fourth-order valence-electron chi connectivity index (χ4n) is 1.97. The van der Waals surface area contributed by atoms with Crippen molar-refractivity contribution in [3.63, 3.8) is 0 Å². The fraction of sp³-hybridized carbons (Fsp3) is 0.357. The lowest BCUT2D eigenvalue weighted by Crippen LogP contribution is -2.23. The normalized spacial score (nSPS) is 12.6. The molecule has 1 unspecified atom stereocenters. The van der Waals surface area contributed by atoms with E-state index in [0.717, 1.165) is 17.5 Å². The quantitative estimate of drug-likeness (QED) is 0.785. The zero-order valence-electron chi connectivity index (χ0n) is 10.8. The van der Waals surface area contributed by atoms with Gasteiger partial charge in [-0.2, -0.15) is 0 Å². The maximum atomic E-state index is 4.24. The fourth-order valence-corrected chi connectivity index (χ4v) is 2.88. The number of aryl methyl sites for hydroxylation is 1. The molecule has 3 nitrogen and oxygen atoms in total. The highest BCUT2D eigenvalue weighted by molar-refractivity contribution is 7.99. The van der Waals surface area contributed by atoms with Crippen LogP contribution in [0, 0.1) is 6.92 Å². The summed E-state index contributed by atoms with van der Waals surface area (Å²) in [5.74, 6) is 0.978. The number of aromatic nitrogens is 2. The molecule has 0 aliphatic carbocycles. The molecule has 0 aliphatic rings. The van der Waals surface area contributed by atoms with Crippen molar-refractivity contribution in [2.45, 2.75) is 25.0 Å². The van der Waals surface area contributed by atoms with Gasteiger partial charge in [-0.25, -0.2) is 4.98 Å². The van der Waals surface area contributed by atoms with Crippen LogP contribution in [0.15, 0.2) is 41.8 Å². The Morgan fingerprint density at radius 3 is 2.89 bits per heavy atom. The molecule has 1 aromatic heterocycles. The smallest absolute Gasteiger partial charge is 0.165 e. The van der Waals surface area contributed by atoms with Crippen molar-refractivity contribution in [3.05, 3.63) is 47.8 Å². The van der Waals surface area contributed by atoms with Crippen molar-refractivity contribution in [2.24, 2.45) is 0 Å². The third-order valence-electron chi connectivity index (χ3n) is 2.87. The zero-order chi connectivity index (χ0) is 12.8. The van der Waals surface area contributed by atoms with E-state index in [0.29, 0.717) is 6.04 Å². The minimum Gasteiger partial charge on any atom is -0.340 e. The van der Waals surface area contributed by atoms with Crippen molar-refractivity contribution in [1.29, 1.82) is 0 Å². The van der Waals surface area contributed by atoms with Crippen LogP contribution >= 0.6 is 11.8 Å².